The molecule has 0 bridgehead atoms. The van der Waals surface area contributed by atoms with Crippen LogP contribution < -0.4 is 5.32 Å². The highest BCUT2D eigenvalue weighted by molar-refractivity contribution is 7.98. The predicted molar refractivity (Wildman–Crippen MR) is 76.4 cm³/mol. The molecule has 0 fully saturated rings. The number of nitro groups is 1. The summed E-state index contributed by atoms with van der Waals surface area (Å²) in [4.78, 5) is 14.3. The summed E-state index contributed by atoms with van der Waals surface area (Å²) in [5, 5.41) is 13.8. The fourth-order valence-electron chi connectivity index (χ4n) is 1.60. The minimum atomic E-state index is -0.408. The van der Waals surface area contributed by atoms with Crippen molar-refractivity contribution in [3.63, 3.8) is 0 Å². The molecule has 0 saturated heterocycles. The van der Waals surface area contributed by atoms with Gasteiger partial charge in [0.2, 0.25) is 0 Å². The molecule has 100 valence electrons. The van der Waals surface area contributed by atoms with Gasteiger partial charge in [0.05, 0.1) is 4.92 Å². The van der Waals surface area contributed by atoms with Gasteiger partial charge >= 0.3 is 0 Å². The molecular weight excluding hydrogens is 250 g/mol. The van der Waals surface area contributed by atoms with Gasteiger partial charge in [0.15, 0.2) is 0 Å². The zero-order chi connectivity index (χ0) is 13.4. The van der Waals surface area contributed by atoms with Crippen LogP contribution in [0.5, 0.6) is 0 Å². The normalized spacial score (nSPS) is 10.3. The number of aryl methyl sites for hydroxylation is 1. The summed E-state index contributed by atoms with van der Waals surface area (Å²) in [5.41, 5.74) is 0.709. The first-order chi connectivity index (χ1) is 8.65. The summed E-state index contributed by atoms with van der Waals surface area (Å²) >= 11 is 1.87. The van der Waals surface area contributed by atoms with Crippen LogP contribution in [0.1, 0.15) is 24.8 Å². The minimum absolute atomic E-state index is 0.0699. The van der Waals surface area contributed by atoms with E-state index in [4.69, 9.17) is 0 Å². The molecule has 0 saturated carbocycles. The van der Waals surface area contributed by atoms with E-state index in [-0.39, 0.29) is 5.69 Å². The molecule has 1 heterocycles. The topological polar surface area (TPSA) is 68.1 Å². The van der Waals surface area contributed by atoms with Gasteiger partial charge in [0.1, 0.15) is 12.0 Å². The van der Waals surface area contributed by atoms with Crippen molar-refractivity contribution in [2.24, 2.45) is 0 Å². The molecule has 0 spiro atoms. The van der Waals surface area contributed by atoms with Gasteiger partial charge in [-0.3, -0.25) is 10.1 Å². The smallest absolute Gasteiger partial charge is 0.290 e. The van der Waals surface area contributed by atoms with Gasteiger partial charge in [-0.05, 0) is 37.8 Å². The molecule has 1 N–H and O–H groups in total. The molecule has 0 aliphatic rings. The second kappa shape index (κ2) is 7.92. The number of rotatable bonds is 8. The van der Waals surface area contributed by atoms with Crippen LogP contribution in [0.4, 0.5) is 11.5 Å². The lowest BCUT2D eigenvalue weighted by molar-refractivity contribution is -0.385. The van der Waals surface area contributed by atoms with E-state index in [1.54, 1.807) is 13.0 Å². The van der Waals surface area contributed by atoms with Crippen LogP contribution in [-0.2, 0) is 0 Å². The van der Waals surface area contributed by atoms with Gasteiger partial charge in [-0.25, -0.2) is 4.98 Å². The van der Waals surface area contributed by atoms with Gasteiger partial charge < -0.3 is 5.32 Å². The third kappa shape index (κ3) is 4.91. The van der Waals surface area contributed by atoms with Crippen LogP contribution >= 0.6 is 11.8 Å². The fourth-order valence-corrected chi connectivity index (χ4v) is 2.09. The van der Waals surface area contributed by atoms with Gasteiger partial charge in [0, 0.05) is 12.1 Å². The Morgan fingerprint density at radius 3 is 2.83 bits per heavy atom. The number of hydrogen-bond donors (Lipinski definition) is 1. The van der Waals surface area contributed by atoms with Crippen molar-refractivity contribution in [3.8, 4) is 0 Å². The van der Waals surface area contributed by atoms with E-state index in [2.05, 4.69) is 16.6 Å². The van der Waals surface area contributed by atoms with E-state index in [1.165, 1.54) is 24.8 Å². The van der Waals surface area contributed by atoms with Gasteiger partial charge in [-0.2, -0.15) is 11.8 Å². The highest BCUT2D eigenvalue weighted by atomic mass is 32.2. The molecule has 6 heteroatoms. The van der Waals surface area contributed by atoms with Crippen LogP contribution in [0.2, 0.25) is 0 Å². The van der Waals surface area contributed by atoms with Crippen molar-refractivity contribution in [1.82, 2.24) is 4.98 Å². The third-order valence-electron chi connectivity index (χ3n) is 2.61. The molecule has 1 aromatic rings. The number of thioether (sulfide) groups is 1. The van der Waals surface area contributed by atoms with Crippen LogP contribution in [-0.4, -0.2) is 28.5 Å². The van der Waals surface area contributed by atoms with Crippen LogP contribution in [0, 0.1) is 17.0 Å². The number of nitrogens with one attached hydrogen (secondary N) is 1. The van der Waals surface area contributed by atoms with Crippen molar-refractivity contribution in [1.29, 1.82) is 0 Å². The van der Waals surface area contributed by atoms with Crippen molar-refractivity contribution in [2.45, 2.75) is 26.2 Å². The first kappa shape index (κ1) is 14.8. The lowest BCUT2D eigenvalue weighted by Crippen LogP contribution is -2.04. The molecule has 18 heavy (non-hydrogen) atoms. The Hall–Kier alpha value is -1.30. The highest BCUT2D eigenvalue weighted by Crippen LogP contribution is 2.18. The van der Waals surface area contributed by atoms with Gasteiger partial charge in [-0.15, -0.1) is 0 Å². The molecule has 0 amide bonds. The zero-order valence-electron chi connectivity index (χ0n) is 10.8. The van der Waals surface area contributed by atoms with Crippen molar-refractivity contribution in [2.75, 3.05) is 23.9 Å². The Balaban J connectivity index is 2.35. The highest BCUT2D eigenvalue weighted by Gasteiger charge is 2.10. The van der Waals surface area contributed by atoms with Crippen molar-refractivity contribution >= 4 is 23.3 Å². The molecule has 0 radical (unpaired) electrons. The maximum atomic E-state index is 10.6. The number of anilines is 1. The maximum Gasteiger partial charge on any atom is 0.290 e. The summed E-state index contributed by atoms with van der Waals surface area (Å²) in [6, 6.07) is 1.72. The summed E-state index contributed by atoms with van der Waals surface area (Å²) in [6.45, 7) is 2.59. The van der Waals surface area contributed by atoms with Crippen molar-refractivity contribution < 1.29 is 4.92 Å². The molecule has 1 aromatic heterocycles. The van der Waals surface area contributed by atoms with Gasteiger partial charge in [0.25, 0.3) is 5.69 Å². The number of unbranched alkanes of at least 4 members (excludes halogenated alkanes) is 2. The number of nitrogens with zero attached hydrogens (tertiary/aromatic N) is 2. The van der Waals surface area contributed by atoms with E-state index in [0.717, 1.165) is 13.0 Å². The molecule has 0 unspecified atom stereocenters. The molecule has 0 aliphatic heterocycles. The van der Waals surface area contributed by atoms with E-state index < -0.39 is 4.92 Å². The number of hydrogen-bond acceptors (Lipinski definition) is 5. The van der Waals surface area contributed by atoms with Crippen LogP contribution in [0.25, 0.3) is 0 Å². The molecular formula is C12H19N3O2S. The molecule has 0 aromatic carbocycles. The predicted octanol–water partition coefficient (Wildman–Crippen LogP) is 3.24. The molecule has 5 nitrogen and oxygen atoms in total. The summed E-state index contributed by atoms with van der Waals surface area (Å²) in [6.07, 6.45) is 6.95. The Labute approximate surface area is 112 Å². The largest absolute Gasteiger partial charge is 0.370 e. The van der Waals surface area contributed by atoms with E-state index >= 15 is 0 Å². The Morgan fingerprint density at radius 1 is 1.44 bits per heavy atom. The minimum Gasteiger partial charge on any atom is -0.370 e. The second-order valence-electron chi connectivity index (χ2n) is 4.09. The standard InChI is InChI=1S/C12H19N3O2S/c1-10-8-12(14-9-11(10)15(16)17)13-6-4-3-5-7-18-2/h8-9H,3-7H2,1-2H3,(H,13,14). The third-order valence-corrected chi connectivity index (χ3v) is 3.31. The quantitative estimate of drug-likeness (QED) is 0.446. The lowest BCUT2D eigenvalue weighted by atomic mass is 10.2. The molecule has 1 rings (SSSR count). The van der Waals surface area contributed by atoms with E-state index in [1.807, 2.05) is 11.8 Å². The molecule has 0 atom stereocenters. The zero-order valence-corrected chi connectivity index (χ0v) is 11.6. The van der Waals surface area contributed by atoms with Crippen molar-refractivity contribution in [3.05, 3.63) is 27.9 Å². The van der Waals surface area contributed by atoms with Crippen LogP contribution in [0.15, 0.2) is 12.3 Å². The van der Waals surface area contributed by atoms with E-state index in [9.17, 15) is 10.1 Å². The first-order valence-corrected chi connectivity index (χ1v) is 7.38. The van der Waals surface area contributed by atoms with E-state index in [0.29, 0.717) is 11.4 Å². The summed E-state index contributed by atoms with van der Waals surface area (Å²) in [7, 11) is 0. The summed E-state index contributed by atoms with van der Waals surface area (Å²) < 4.78 is 0. The fraction of sp³-hybridized carbons (Fsp3) is 0.583. The first-order valence-electron chi connectivity index (χ1n) is 5.99. The molecule has 0 aliphatic carbocycles. The average Bonchev–Trinajstić information content (AvgIpc) is 2.33. The lowest BCUT2D eigenvalue weighted by Gasteiger charge is -2.06. The Bertz CT molecular complexity index is 399. The maximum absolute atomic E-state index is 10.6. The average molecular weight is 269 g/mol. The second-order valence-corrected chi connectivity index (χ2v) is 5.08. The monoisotopic (exact) mass is 269 g/mol. The number of pyridine rings is 1. The summed E-state index contributed by atoms with van der Waals surface area (Å²) in [5.74, 6) is 1.91. The SMILES string of the molecule is CSCCCCCNc1cc(C)c([N+](=O)[O-])cn1. The Morgan fingerprint density at radius 2 is 2.22 bits per heavy atom. The van der Waals surface area contributed by atoms with Crippen LogP contribution in [0.3, 0.4) is 0 Å². The number of aromatic nitrogens is 1. The van der Waals surface area contributed by atoms with Gasteiger partial charge in [-0.1, -0.05) is 6.42 Å². The Kier molecular flexibility index (Phi) is 6.49.